The Hall–Kier alpha value is -2.28. The third-order valence-electron chi connectivity index (χ3n) is 1.75. The Morgan fingerprint density at radius 2 is 2.13 bits per heavy atom. The van der Waals surface area contributed by atoms with E-state index in [4.69, 9.17) is 10.4 Å². The third kappa shape index (κ3) is 3.53. The lowest BCUT2D eigenvalue weighted by atomic mass is 10.2. The van der Waals surface area contributed by atoms with E-state index in [9.17, 15) is 4.79 Å². The van der Waals surface area contributed by atoms with Crippen molar-refractivity contribution in [3.05, 3.63) is 47.7 Å². The highest BCUT2D eigenvalue weighted by Crippen LogP contribution is 1.97. The number of rotatable bonds is 4. The van der Waals surface area contributed by atoms with E-state index in [1.165, 1.54) is 6.20 Å². The first-order valence-electron chi connectivity index (χ1n) is 4.35. The molecule has 1 aromatic rings. The Labute approximate surface area is 87.5 Å². The zero-order valence-electron chi connectivity index (χ0n) is 7.97. The SMILES string of the molecule is N#C/C(=C\NCc1ccccc1)C(=O)O. The number of benzene rings is 1. The minimum absolute atomic E-state index is 0.300. The molecule has 0 radical (unpaired) electrons. The highest BCUT2D eigenvalue weighted by atomic mass is 16.4. The first-order chi connectivity index (χ1) is 7.24. The molecule has 15 heavy (non-hydrogen) atoms. The summed E-state index contributed by atoms with van der Waals surface area (Å²) in [5.74, 6) is -1.22. The van der Waals surface area contributed by atoms with E-state index >= 15 is 0 Å². The van der Waals surface area contributed by atoms with Crippen LogP contribution in [-0.2, 0) is 11.3 Å². The lowest BCUT2D eigenvalue weighted by Crippen LogP contribution is -2.09. The van der Waals surface area contributed by atoms with Gasteiger partial charge in [0.2, 0.25) is 0 Å². The van der Waals surface area contributed by atoms with Crippen LogP contribution in [-0.4, -0.2) is 11.1 Å². The minimum Gasteiger partial charge on any atom is -0.477 e. The van der Waals surface area contributed by atoms with Gasteiger partial charge in [0.05, 0.1) is 0 Å². The Kier molecular flexibility index (Phi) is 3.92. The number of nitrogens with zero attached hydrogens (tertiary/aromatic N) is 1. The van der Waals surface area contributed by atoms with Crippen molar-refractivity contribution < 1.29 is 9.90 Å². The first-order valence-corrected chi connectivity index (χ1v) is 4.35. The van der Waals surface area contributed by atoms with Gasteiger partial charge in [-0.15, -0.1) is 0 Å². The van der Waals surface area contributed by atoms with E-state index in [0.29, 0.717) is 6.54 Å². The number of carboxylic acid groups (broad SMARTS) is 1. The van der Waals surface area contributed by atoms with Crippen LogP contribution in [0, 0.1) is 11.3 Å². The minimum atomic E-state index is -1.22. The molecule has 0 bridgehead atoms. The highest BCUT2D eigenvalue weighted by molar-refractivity contribution is 5.90. The quantitative estimate of drug-likeness (QED) is 0.569. The Morgan fingerprint density at radius 3 is 2.67 bits per heavy atom. The smallest absolute Gasteiger partial charge is 0.347 e. The molecule has 0 saturated carbocycles. The average molecular weight is 202 g/mol. The number of hydrogen-bond acceptors (Lipinski definition) is 3. The molecular weight excluding hydrogens is 192 g/mol. The molecule has 0 aliphatic heterocycles. The summed E-state index contributed by atoms with van der Waals surface area (Å²) in [6.07, 6.45) is 1.20. The van der Waals surface area contributed by atoms with Crippen molar-refractivity contribution in [1.82, 2.24) is 5.32 Å². The van der Waals surface area contributed by atoms with Crippen LogP contribution in [0.25, 0.3) is 0 Å². The van der Waals surface area contributed by atoms with Crippen molar-refractivity contribution in [3.63, 3.8) is 0 Å². The number of aliphatic carboxylic acids is 1. The van der Waals surface area contributed by atoms with Gasteiger partial charge in [0.25, 0.3) is 0 Å². The number of nitriles is 1. The first kappa shape index (κ1) is 10.8. The molecule has 0 amide bonds. The molecule has 0 spiro atoms. The van der Waals surface area contributed by atoms with Crippen LogP contribution in [0.5, 0.6) is 0 Å². The summed E-state index contributed by atoms with van der Waals surface area (Å²) >= 11 is 0. The van der Waals surface area contributed by atoms with Crippen molar-refractivity contribution in [2.75, 3.05) is 0 Å². The molecule has 0 aromatic heterocycles. The molecule has 0 aliphatic carbocycles. The van der Waals surface area contributed by atoms with Crippen LogP contribution in [0.1, 0.15) is 5.56 Å². The number of carbonyl (C=O) groups is 1. The van der Waals surface area contributed by atoms with Crippen LogP contribution < -0.4 is 5.32 Å². The second-order valence-corrected chi connectivity index (χ2v) is 2.84. The summed E-state index contributed by atoms with van der Waals surface area (Å²) in [7, 11) is 0. The van der Waals surface area contributed by atoms with Crippen LogP contribution in [0.15, 0.2) is 42.1 Å². The summed E-state index contributed by atoms with van der Waals surface area (Å²) in [5.41, 5.74) is 0.724. The van der Waals surface area contributed by atoms with E-state index in [1.54, 1.807) is 6.07 Å². The number of hydrogen-bond donors (Lipinski definition) is 2. The Bertz CT molecular complexity index is 404. The number of carboxylic acids is 1. The molecule has 0 saturated heterocycles. The zero-order chi connectivity index (χ0) is 11.1. The molecule has 1 rings (SSSR count). The van der Waals surface area contributed by atoms with Gasteiger partial charge in [-0.05, 0) is 5.56 Å². The molecule has 1 aromatic carbocycles. The summed E-state index contributed by atoms with van der Waals surface area (Å²) < 4.78 is 0. The van der Waals surface area contributed by atoms with Crippen molar-refractivity contribution in [1.29, 1.82) is 5.26 Å². The van der Waals surface area contributed by atoms with Gasteiger partial charge in [0, 0.05) is 12.7 Å². The van der Waals surface area contributed by atoms with E-state index in [1.807, 2.05) is 30.3 Å². The van der Waals surface area contributed by atoms with Gasteiger partial charge in [-0.1, -0.05) is 30.3 Å². The Morgan fingerprint density at radius 1 is 1.47 bits per heavy atom. The molecule has 2 N–H and O–H groups in total. The van der Waals surface area contributed by atoms with Gasteiger partial charge < -0.3 is 10.4 Å². The standard InChI is InChI=1S/C11H10N2O2/c12-6-10(11(14)15)8-13-7-9-4-2-1-3-5-9/h1-5,8,13H,7H2,(H,14,15)/b10-8+. The van der Waals surface area contributed by atoms with Gasteiger partial charge in [-0.3, -0.25) is 0 Å². The second-order valence-electron chi connectivity index (χ2n) is 2.84. The van der Waals surface area contributed by atoms with Gasteiger partial charge in [0.1, 0.15) is 6.07 Å². The van der Waals surface area contributed by atoms with E-state index in [-0.39, 0.29) is 5.57 Å². The molecule has 0 atom stereocenters. The van der Waals surface area contributed by atoms with E-state index in [0.717, 1.165) is 5.56 Å². The monoisotopic (exact) mass is 202 g/mol. The second kappa shape index (κ2) is 5.45. The maximum atomic E-state index is 10.4. The fraction of sp³-hybridized carbons (Fsp3) is 0.0909. The lowest BCUT2D eigenvalue weighted by molar-refractivity contribution is -0.132. The summed E-state index contributed by atoms with van der Waals surface area (Å²) in [6, 6.07) is 11.1. The van der Waals surface area contributed by atoms with Crippen LogP contribution in [0.3, 0.4) is 0 Å². The predicted octanol–water partition coefficient (Wildman–Crippen LogP) is 1.27. The average Bonchev–Trinajstić information content (AvgIpc) is 2.25. The van der Waals surface area contributed by atoms with Crippen molar-refractivity contribution >= 4 is 5.97 Å². The van der Waals surface area contributed by atoms with E-state index in [2.05, 4.69) is 5.32 Å². The molecule has 0 unspecified atom stereocenters. The fourth-order valence-electron chi connectivity index (χ4n) is 1.01. The predicted molar refractivity (Wildman–Crippen MR) is 54.6 cm³/mol. The van der Waals surface area contributed by atoms with Crippen molar-refractivity contribution in [2.45, 2.75) is 6.54 Å². The molecule has 0 heterocycles. The maximum absolute atomic E-state index is 10.4. The molecule has 0 aliphatic rings. The van der Waals surface area contributed by atoms with Crippen LogP contribution in [0.2, 0.25) is 0 Å². The molecule has 76 valence electrons. The lowest BCUT2D eigenvalue weighted by Gasteiger charge is -2.00. The van der Waals surface area contributed by atoms with Gasteiger partial charge in [-0.25, -0.2) is 4.79 Å². The van der Waals surface area contributed by atoms with Gasteiger partial charge in [0.15, 0.2) is 5.57 Å². The largest absolute Gasteiger partial charge is 0.477 e. The Balaban J connectivity index is 2.52. The zero-order valence-corrected chi connectivity index (χ0v) is 7.97. The normalized spacial score (nSPS) is 10.5. The molecular formula is C11H10N2O2. The fourth-order valence-corrected chi connectivity index (χ4v) is 1.01. The molecule has 4 heteroatoms. The van der Waals surface area contributed by atoms with E-state index < -0.39 is 5.97 Å². The molecule has 0 fully saturated rings. The molecule has 4 nitrogen and oxygen atoms in total. The topological polar surface area (TPSA) is 73.1 Å². The van der Waals surface area contributed by atoms with Crippen molar-refractivity contribution in [3.8, 4) is 6.07 Å². The summed E-state index contributed by atoms with van der Waals surface area (Å²) in [6.45, 7) is 0.499. The summed E-state index contributed by atoms with van der Waals surface area (Å²) in [5, 5.41) is 19.8. The van der Waals surface area contributed by atoms with Crippen LogP contribution in [0.4, 0.5) is 0 Å². The van der Waals surface area contributed by atoms with Gasteiger partial charge in [-0.2, -0.15) is 5.26 Å². The number of nitrogens with one attached hydrogen (secondary N) is 1. The third-order valence-corrected chi connectivity index (χ3v) is 1.75. The van der Waals surface area contributed by atoms with Crippen LogP contribution >= 0.6 is 0 Å². The van der Waals surface area contributed by atoms with Crippen molar-refractivity contribution in [2.24, 2.45) is 0 Å². The van der Waals surface area contributed by atoms with Gasteiger partial charge >= 0.3 is 5.97 Å². The summed E-state index contributed by atoms with van der Waals surface area (Å²) in [4.78, 5) is 10.4. The highest BCUT2D eigenvalue weighted by Gasteiger charge is 2.03. The maximum Gasteiger partial charge on any atom is 0.347 e.